The van der Waals surface area contributed by atoms with Gasteiger partial charge in [0.2, 0.25) is 5.91 Å². The molecule has 1 heterocycles. The lowest BCUT2D eigenvalue weighted by molar-refractivity contribution is -0.126. The second kappa shape index (κ2) is 10.4. The van der Waals surface area contributed by atoms with Gasteiger partial charge in [-0.25, -0.2) is 5.43 Å². The summed E-state index contributed by atoms with van der Waals surface area (Å²) in [5.74, 6) is 1.31. The number of benzene rings is 2. The van der Waals surface area contributed by atoms with Crippen molar-refractivity contribution < 1.29 is 14.3 Å². The Kier molecular flexibility index (Phi) is 7.66. The maximum Gasteiger partial charge on any atom is 0.243 e. The zero-order chi connectivity index (χ0) is 20.6. The highest BCUT2D eigenvalue weighted by molar-refractivity contribution is 9.10. The standard InChI is InChI=1S/C22H26BrN3O3/c1-28-20-8-5-18(21(13-20)29-2)14-24-25-22(27)17-9-11-26(12-10-17)15-16-3-6-19(23)7-4-16/h3-8,13-14,17H,9-12,15H2,1-2H3,(H,25,27)/b24-14+. The first-order chi connectivity index (χ1) is 14.1. The Morgan fingerprint density at radius 1 is 1.17 bits per heavy atom. The van der Waals surface area contributed by atoms with Crippen molar-refractivity contribution in [2.45, 2.75) is 19.4 Å². The first kappa shape index (κ1) is 21.3. The van der Waals surface area contributed by atoms with E-state index in [-0.39, 0.29) is 11.8 Å². The van der Waals surface area contributed by atoms with Gasteiger partial charge < -0.3 is 9.47 Å². The lowest BCUT2D eigenvalue weighted by Crippen LogP contribution is -2.39. The number of nitrogens with zero attached hydrogens (tertiary/aromatic N) is 2. The third-order valence-electron chi connectivity index (χ3n) is 5.10. The fourth-order valence-electron chi connectivity index (χ4n) is 3.38. The van der Waals surface area contributed by atoms with Crippen LogP contribution in [-0.2, 0) is 11.3 Å². The van der Waals surface area contributed by atoms with E-state index in [9.17, 15) is 4.79 Å². The summed E-state index contributed by atoms with van der Waals surface area (Å²) in [4.78, 5) is 14.8. The maximum absolute atomic E-state index is 12.4. The van der Waals surface area contributed by atoms with Crippen LogP contribution in [0.2, 0.25) is 0 Å². The number of carbonyl (C=O) groups is 1. The van der Waals surface area contributed by atoms with Crippen LogP contribution in [0.5, 0.6) is 11.5 Å². The van der Waals surface area contributed by atoms with Crippen molar-refractivity contribution in [3.05, 3.63) is 58.1 Å². The van der Waals surface area contributed by atoms with Gasteiger partial charge in [0, 0.05) is 28.6 Å². The van der Waals surface area contributed by atoms with Crippen molar-refractivity contribution >= 4 is 28.1 Å². The minimum atomic E-state index is -0.0305. The molecule has 154 valence electrons. The van der Waals surface area contributed by atoms with E-state index in [1.54, 1.807) is 26.5 Å². The Balaban J connectivity index is 1.47. The van der Waals surface area contributed by atoms with Gasteiger partial charge >= 0.3 is 0 Å². The summed E-state index contributed by atoms with van der Waals surface area (Å²) < 4.78 is 11.6. The van der Waals surface area contributed by atoms with Crippen molar-refractivity contribution in [1.29, 1.82) is 0 Å². The smallest absolute Gasteiger partial charge is 0.243 e. The summed E-state index contributed by atoms with van der Waals surface area (Å²) in [6.45, 7) is 2.73. The molecule has 1 amide bonds. The van der Waals surface area contributed by atoms with Gasteiger partial charge in [0.15, 0.2) is 0 Å². The molecule has 0 unspecified atom stereocenters. The SMILES string of the molecule is COc1ccc(/C=N/NC(=O)C2CCN(Cc3ccc(Br)cc3)CC2)c(OC)c1. The van der Waals surface area contributed by atoms with Crippen LogP contribution in [-0.4, -0.2) is 44.3 Å². The molecule has 0 aromatic heterocycles. The van der Waals surface area contributed by atoms with E-state index in [1.165, 1.54) is 5.56 Å². The predicted octanol–water partition coefficient (Wildman–Crippen LogP) is 3.83. The van der Waals surface area contributed by atoms with Crippen LogP contribution < -0.4 is 14.9 Å². The number of piperidine rings is 1. The monoisotopic (exact) mass is 459 g/mol. The van der Waals surface area contributed by atoms with E-state index >= 15 is 0 Å². The topological polar surface area (TPSA) is 63.2 Å². The molecule has 1 N–H and O–H groups in total. The average Bonchev–Trinajstić information content (AvgIpc) is 2.76. The van der Waals surface area contributed by atoms with E-state index in [0.29, 0.717) is 11.5 Å². The van der Waals surface area contributed by atoms with Crippen LogP contribution in [0.3, 0.4) is 0 Å². The van der Waals surface area contributed by atoms with Gasteiger partial charge in [-0.1, -0.05) is 28.1 Å². The van der Waals surface area contributed by atoms with Gasteiger partial charge in [-0.15, -0.1) is 0 Å². The summed E-state index contributed by atoms with van der Waals surface area (Å²) >= 11 is 3.46. The summed E-state index contributed by atoms with van der Waals surface area (Å²) in [7, 11) is 3.19. The number of hydrogen-bond donors (Lipinski definition) is 1. The van der Waals surface area contributed by atoms with Crippen LogP contribution in [0.1, 0.15) is 24.0 Å². The average molecular weight is 460 g/mol. The molecule has 1 aliphatic heterocycles. The van der Waals surface area contributed by atoms with Gasteiger partial charge in [-0.05, 0) is 55.8 Å². The number of carbonyl (C=O) groups excluding carboxylic acids is 1. The van der Waals surface area contributed by atoms with Crippen LogP contribution in [0.4, 0.5) is 0 Å². The summed E-state index contributed by atoms with van der Waals surface area (Å²) in [6.07, 6.45) is 3.27. The van der Waals surface area contributed by atoms with Gasteiger partial charge in [0.1, 0.15) is 11.5 Å². The molecule has 0 radical (unpaired) electrons. The lowest BCUT2D eigenvalue weighted by atomic mass is 9.96. The van der Waals surface area contributed by atoms with Gasteiger partial charge in [0.25, 0.3) is 0 Å². The Hall–Kier alpha value is -2.38. The van der Waals surface area contributed by atoms with Crippen molar-refractivity contribution in [2.75, 3.05) is 27.3 Å². The van der Waals surface area contributed by atoms with E-state index in [2.05, 4.69) is 55.6 Å². The molecule has 29 heavy (non-hydrogen) atoms. The molecule has 0 saturated carbocycles. The number of ether oxygens (including phenoxy) is 2. The molecule has 1 saturated heterocycles. The van der Waals surface area contributed by atoms with Gasteiger partial charge in [-0.2, -0.15) is 5.10 Å². The molecule has 0 atom stereocenters. The fraction of sp³-hybridized carbons (Fsp3) is 0.364. The third kappa shape index (κ3) is 6.05. The van der Waals surface area contributed by atoms with Crippen molar-refractivity contribution in [2.24, 2.45) is 11.0 Å². The second-order valence-electron chi connectivity index (χ2n) is 7.02. The number of methoxy groups -OCH3 is 2. The summed E-state index contributed by atoms with van der Waals surface area (Å²) in [6, 6.07) is 13.8. The highest BCUT2D eigenvalue weighted by atomic mass is 79.9. The Morgan fingerprint density at radius 3 is 2.55 bits per heavy atom. The van der Waals surface area contributed by atoms with E-state index < -0.39 is 0 Å². The molecule has 0 bridgehead atoms. The number of hydrazone groups is 1. The molecule has 1 aliphatic rings. The molecule has 0 spiro atoms. The predicted molar refractivity (Wildman–Crippen MR) is 117 cm³/mol. The Labute approximate surface area is 180 Å². The highest BCUT2D eigenvalue weighted by Crippen LogP contribution is 2.23. The van der Waals surface area contributed by atoms with Crippen LogP contribution in [0, 0.1) is 5.92 Å². The summed E-state index contributed by atoms with van der Waals surface area (Å²) in [5.41, 5.74) is 4.73. The van der Waals surface area contributed by atoms with Crippen molar-refractivity contribution in [3.63, 3.8) is 0 Å². The lowest BCUT2D eigenvalue weighted by Gasteiger charge is -2.30. The zero-order valence-electron chi connectivity index (χ0n) is 16.7. The van der Waals surface area contributed by atoms with Crippen molar-refractivity contribution in [3.8, 4) is 11.5 Å². The molecule has 2 aromatic rings. The zero-order valence-corrected chi connectivity index (χ0v) is 18.3. The number of rotatable bonds is 7. The maximum atomic E-state index is 12.4. The third-order valence-corrected chi connectivity index (χ3v) is 5.63. The largest absolute Gasteiger partial charge is 0.497 e. The first-order valence-electron chi connectivity index (χ1n) is 9.61. The molecule has 1 fully saturated rings. The minimum Gasteiger partial charge on any atom is -0.497 e. The molecular formula is C22H26BrN3O3. The Bertz CT molecular complexity index is 847. The van der Waals surface area contributed by atoms with E-state index in [0.717, 1.165) is 42.5 Å². The van der Waals surface area contributed by atoms with Crippen LogP contribution >= 0.6 is 15.9 Å². The first-order valence-corrected chi connectivity index (χ1v) is 10.4. The normalized spacial score (nSPS) is 15.4. The second-order valence-corrected chi connectivity index (χ2v) is 7.93. The fourth-order valence-corrected chi connectivity index (χ4v) is 3.65. The van der Waals surface area contributed by atoms with Crippen molar-refractivity contribution in [1.82, 2.24) is 10.3 Å². The molecule has 7 heteroatoms. The highest BCUT2D eigenvalue weighted by Gasteiger charge is 2.24. The molecule has 3 rings (SSSR count). The number of amides is 1. The van der Waals surface area contributed by atoms with E-state index in [4.69, 9.17) is 9.47 Å². The number of nitrogens with one attached hydrogen (secondary N) is 1. The summed E-state index contributed by atoms with van der Waals surface area (Å²) in [5, 5.41) is 4.11. The number of hydrogen-bond acceptors (Lipinski definition) is 5. The van der Waals surface area contributed by atoms with Gasteiger partial charge in [0.05, 0.1) is 20.4 Å². The van der Waals surface area contributed by atoms with Gasteiger partial charge in [-0.3, -0.25) is 9.69 Å². The molecule has 6 nitrogen and oxygen atoms in total. The number of halogens is 1. The molecular weight excluding hydrogens is 434 g/mol. The Morgan fingerprint density at radius 2 is 1.90 bits per heavy atom. The number of likely N-dealkylation sites (tertiary alicyclic amines) is 1. The minimum absolute atomic E-state index is 0.00826. The molecule has 2 aromatic carbocycles. The van der Waals surface area contributed by atoms with E-state index in [1.807, 2.05) is 12.1 Å². The molecule has 0 aliphatic carbocycles. The van der Waals surface area contributed by atoms with Crippen LogP contribution in [0.25, 0.3) is 0 Å². The van der Waals surface area contributed by atoms with Crippen LogP contribution in [0.15, 0.2) is 52.0 Å². The quantitative estimate of drug-likeness (QED) is 0.504.